The molecule has 1 aromatic carbocycles. The lowest BCUT2D eigenvalue weighted by Crippen LogP contribution is -2.41. The van der Waals surface area contributed by atoms with Crippen LogP contribution in [0.2, 0.25) is 0 Å². The number of likely N-dealkylation sites (N-methyl/N-ethyl adjacent to an activating group) is 1. The van der Waals surface area contributed by atoms with E-state index in [9.17, 15) is 22.4 Å². The van der Waals surface area contributed by atoms with Crippen LogP contribution >= 0.6 is 0 Å². The Morgan fingerprint density at radius 1 is 1.16 bits per heavy atom. The maximum atomic E-state index is 14.2. The molecule has 1 aliphatic heterocycles. The minimum atomic E-state index is -4.49. The summed E-state index contributed by atoms with van der Waals surface area (Å²) in [5, 5.41) is 3.74. The summed E-state index contributed by atoms with van der Waals surface area (Å²) in [4.78, 5) is 22.3. The molecule has 0 spiro atoms. The zero-order valence-electron chi connectivity index (χ0n) is 16.1. The normalized spacial score (nSPS) is 19.1. The van der Waals surface area contributed by atoms with Crippen molar-refractivity contribution < 1.29 is 22.4 Å². The average molecular weight is 432 g/mol. The predicted molar refractivity (Wildman–Crippen MR) is 103 cm³/mol. The van der Waals surface area contributed by atoms with Gasteiger partial charge in [-0.15, -0.1) is 0 Å². The second-order valence-electron chi connectivity index (χ2n) is 7.01. The van der Waals surface area contributed by atoms with Crippen molar-refractivity contribution in [2.45, 2.75) is 18.3 Å². The molecule has 0 bridgehead atoms. The summed E-state index contributed by atoms with van der Waals surface area (Å²) in [5.74, 6) is -1.38. The Bertz CT molecular complexity index is 1190. The molecule has 4 rings (SSSR count). The number of aliphatic imine (C=N–C) groups is 1. The van der Waals surface area contributed by atoms with E-state index < -0.39 is 30.1 Å². The van der Waals surface area contributed by atoms with Gasteiger partial charge in [0.1, 0.15) is 6.54 Å². The second kappa shape index (κ2) is 7.18. The highest BCUT2D eigenvalue weighted by Gasteiger charge is 2.50. The number of nitrogens with zero attached hydrogens (tertiary/aromatic N) is 5. The number of hydrogen-bond acceptors (Lipinski definition) is 5. The highest BCUT2D eigenvalue weighted by Crippen LogP contribution is 2.40. The van der Waals surface area contributed by atoms with Gasteiger partial charge >= 0.3 is 6.18 Å². The average Bonchev–Trinajstić information content (AvgIpc) is 3.26. The van der Waals surface area contributed by atoms with Gasteiger partial charge in [-0.1, -0.05) is 18.2 Å². The van der Waals surface area contributed by atoms with Gasteiger partial charge in [0.05, 0.1) is 6.20 Å². The van der Waals surface area contributed by atoms with Crippen LogP contribution in [0.1, 0.15) is 11.1 Å². The van der Waals surface area contributed by atoms with Gasteiger partial charge in [0.15, 0.2) is 11.5 Å². The highest BCUT2D eigenvalue weighted by atomic mass is 19.4. The fourth-order valence-corrected chi connectivity index (χ4v) is 3.52. The summed E-state index contributed by atoms with van der Waals surface area (Å²) in [6, 6.07) is 9.42. The summed E-state index contributed by atoms with van der Waals surface area (Å²) in [5.41, 5.74) is 5.15. The zero-order valence-corrected chi connectivity index (χ0v) is 16.1. The first-order valence-corrected chi connectivity index (χ1v) is 9.06. The van der Waals surface area contributed by atoms with Gasteiger partial charge in [0.2, 0.25) is 5.95 Å². The quantitative estimate of drug-likeness (QED) is 0.507. The number of hydrogen-bond donors (Lipinski definition) is 1. The molecular weight excluding hydrogens is 416 g/mol. The summed E-state index contributed by atoms with van der Waals surface area (Å²) in [6.07, 6.45) is -0.928. The third-order valence-corrected chi connectivity index (χ3v) is 4.98. The van der Waals surface area contributed by atoms with Crippen LogP contribution in [-0.4, -0.2) is 44.8 Å². The molecule has 2 aromatic heterocycles. The lowest BCUT2D eigenvalue weighted by atomic mass is 9.83. The van der Waals surface area contributed by atoms with Crippen LogP contribution in [0.25, 0.3) is 11.1 Å². The zero-order chi connectivity index (χ0) is 22.4. The van der Waals surface area contributed by atoms with Gasteiger partial charge in [-0.3, -0.25) is 14.4 Å². The standard InChI is InChI=1S/C20H16F4N6O/c1-29-17(31)20(28-18(29)25,14-9-27-30(10-14)11-19(22,23)24)13-5-2-4-12(8-13)15-6-3-7-26-16(15)21/h2-10H,11H2,1H3,(H2,25,28)/t20-/m0/s1. The van der Waals surface area contributed by atoms with Gasteiger partial charge in [-0.05, 0) is 29.3 Å². The monoisotopic (exact) mass is 432 g/mol. The minimum absolute atomic E-state index is 0.105. The largest absolute Gasteiger partial charge is 0.408 e. The molecule has 0 fully saturated rings. The molecule has 1 atom stereocenters. The molecule has 7 nitrogen and oxygen atoms in total. The molecule has 0 saturated carbocycles. The molecule has 1 aliphatic rings. The van der Waals surface area contributed by atoms with E-state index in [1.165, 1.54) is 25.4 Å². The van der Waals surface area contributed by atoms with Crippen molar-refractivity contribution in [3.8, 4) is 11.1 Å². The Kier molecular flexibility index (Phi) is 4.75. The van der Waals surface area contributed by atoms with Gasteiger partial charge < -0.3 is 5.73 Å². The van der Waals surface area contributed by atoms with Crippen LogP contribution in [0.3, 0.4) is 0 Å². The van der Waals surface area contributed by atoms with Crippen LogP contribution < -0.4 is 5.73 Å². The van der Waals surface area contributed by atoms with Crippen molar-refractivity contribution in [1.29, 1.82) is 0 Å². The number of carbonyl (C=O) groups excluding carboxylic acids is 1. The first-order valence-electron chi connectivity index (χ1n) is 9.06. The number of carbonyl (C=O) groups is 1. The Morgan fingerprint density at radius 3 is 2.58 bits per heavy atom. The van der Waals surface area contributed by atoms with Gasteiger partial charge in [0, 0.05) is 30.6 Å². The topological polar surface area (TPSA) is 89.4 Å². The van der Waals surface area contributed by atoms with Crippen molar-refractivity contribution in [3.63, 3.8) is 0 Å². The van der Waals surface area contributed by atoms with Crippen LogP contribution in [-0.2, 0) is 16.9 Å². The molecule has 0 unspecified atom stereocenters. The molecule has 0 saturated heterocycles. The summed E-state index contributed by atoms with van der Waals surface area (Å²) in [6.45, 7) is -1.33. The van der Waals surface area contributed by atoms with Crippen LogP contribution in [0.5, 0.6) is 0 Å². The fourth-order valence-electron chi connectivity index (χ4n) is 3.52. The molecule has 0 aliphatic carbocycles. The SMILES string of the molecule is CN1C(=O)[C@](c2cccc(-c3cccnc3F)c2)(c2cnn(CC(F)(F)F)c2)N=C1N. The van der Waals surface area contributed by atoms with E-state index in [2.05, 4.69) is 15.1 Å². The lowest BCUT2D eigenvalue weighted by molar-refractivity contribution is -0.142. The molecule has 2 N–H and O–H groups in total. The smallest absolute Gasteiger partial charge is 0.369 e. The van der Waals surface area contributed by atoms with Crippen molar-refractivity contribution in [2.24, 2.45) is 10.7 Å². The Hall–Kier alpha value is -3.76. The summed E-state index contributed by atoms with van der Waals surface area (Å²) >= 11 is 0. The minimum Gasteiger partial charge on any atom is -0.369 e. The lowest BCUT2D eigenvalue weighted by Gasteiger charge is -2.25. The second-order valence-corrected chi connectivity index (χ2v) is 7.01. The molecular formula is C20H16F4N6O. The number of rotatable bonds is 4. The summed E-state index contributed by atoms with van der Waals surface area (Å²) in [7, 11) is 1.41. The molecule has 160 valence electrons. The van der Waals surface area contributed by atoms with Crippen molar-refractivity contribution in [2.75, 3.05) is 7.05 Å². The molecule has 1 amide bonds. The van der Waals surface area contributed by atoms with E-state index in [0.717, 1.165) is 17.3 Å². The first kappa shape index (κ1) is 20.5. The summed E-state index contributed by atoms with van der Waals surface area (Å²) < 4.78 is 53.3. The number of nitrogens with two attached hydrogens (primary N) is 1. The molecule has 0 radical (unpaired) electrons. The van der Waals surface area contributed by atoms with Crippen molar-refractivity contribution in [3.05, 3.63) is 72.1 Å². The van der Waals surface area contributed by atoms with E-state index in [4.69, 9.17) is 5.73 Å². The van der Waals surface area contributed by atoms with Gasteiger partial charge in [0.25, 0.3) is 5.91 Å². The van der Waals surface area contributed by atoms with E-state index in [-0.39, 0.29) is 17.1 Å². The van der Waals surface area contributed by atoms with Crippen LogP contribution in [0.4, 0.5) is 17.6 Å². The molecule has 3 heterocycles. The molecule has 3 aromatic rings. The van der Waals surface area contributed by atoms with Crippen molar-refractivity contribution >= 4 is 11.9 Å². The third-order valence-electron chi connectivity index (χ3n) is 4.98. The van der Waals surface area contributed by atoms with Gasteiger partial charge in [-0.2, -0.15) is 22.7 Å². The number of benzene rings is 1. The molecule has 11 heteroatoms. The highest BCUT2D eigenvalue weighted by molar-refractivity contribution is 6.09. The predicted octanol–water partition coefficient (Wildman–Crippen LogP) is 2.68. The van der Waals surface area contributed by atoms with Crippen molar-refractivity contribution in [1.82, 2.24) is 19.7 Å². The maximum absolute atomic E-state index is 14.2. The number of amides is 1. The molecule has 31 heavy (non-hydrogen) atoms. The van der Waals surface area contributed by atoms with E-state index >= 15 is 0 Å². The van der Waals surface area contributed by atoms with Crippen LogP contribution in [0, 0.1) is 5.95 Å². The van der Waals surface area contributed by atoms with E-state index in [1.807, 2.05) is 0 Å². The number of guanidine groups is 1. The maximum Gasteiger partial charge on any atom is 0.408 e. The number of aromatic nitrogens is 3. The number of alkyl halides is 3. The Labute approximate surface area is 173 Å². The van der Waals surface area contributed by atoms with Gasteiger partial charge in [-0.25, -0.2) is 9.98 Å². The number of pyridine rings is 1. The van der Waals surface area contributed by atoms with Crippen LogP contribution in [0.15, 0.2) is 60.0 Å². The van der Waals surface area contributed by atoms with E-state index in [0.29, 0.717) is 15.8 Å². The first-order chi connectivity index (χ1) is 14.6. The Morgan fingerprint density at radius 2 is 1.94 bits per heavy atom. The fraction of sp³-hybridized carbons (Fsp3) is 0.200. The third kappa shape index (κ3) is 3.51. The Balaban J connectivity index is 1.88. The number of halogens is 4. The van der Waals surface area contributed by atoms with E-state index in [1.54, 1.807) is 24.3 Å².